The molecule has 9 heteroatoms. The number of rotatable bonds is 5. The summed E-state index contributed by atoms with van der Waals surface area (Å²) in [4.78, 5) is 13.6. The van der Waals surface area contributed by atoms with Gasteiger partial charge in [-0.15, -0.1) is 0 Å². The van der Waals surface area contributed by atoms with Crippen molar-refractivity contribution < 1.29 is 36.9 Å². The molecule has 0 spiro atoms. The zero-order valence-electron chi connectivity index (χ0n) is 19.3. The van der Waals surface area contributed by atoms with Gasteiger partial charge < -0.3 is 18.9 Å². The highest BCUT2D eigenvalue weighted by Crippen LogP contribution is 2.44. The van der Waals surface area contributed by atoms with E-state index in [2.05, 4.69) is 4.74 Å². The van der Waals surface area contributed by atoms with Crippen LogP contribution in [0.25, 0.3) is 5.57 Å². The molecule has 3 aliphatic rings. The van der Waals surface area contributed by atoms with Crippen molar-refractivity contribution in [3.8, 4) is 11.5 Å². The fourth-order valence-corrected chi connectivity index (χ4v) is 4.97. The highest BCUT2D eigenvalue weighted by molar-refractivity contribution is 5.93. The normalized spacial score (nSPS) is 20.9. The number of hydrogen-bond acceptors (Lipinski definition) is 6. The van der Waals surface area contributed by atoms with Crippen molar-refractivity contribution in [1.82, 2.24) is 4.90 Å². The van der Waals surface area contributed by atoms with Gasteiger partial charge in [-0.2, -0.15) is 13.2 Å². The lowest BCUT2D eigenvalue weighted by atomic mass is 9.96. The Morgan fingerprint density at radius 1 is 1.20 bits per heavy atom. The predicted octanol–water partition coefficient (Wildman–Crippen LogP) is 4.55. The Morgan fingerprint density at radius 2 is 2.00 bits per heavy atom. The van der Waals surface area contributed by atoms with E-state index in [0.717, 1.165) is 22.3 Å². The van der Waals surface area contributed by atoms with E-state index < -0.39 is 17.7 Å². The van der Waals surface area contributed by atoms with Gasteiger partial charge in [0.2, 0.25) is 0 Å². The van der Waals surface area contributed by atoms with E-state index in [1.807, 2.05) is 11.0 Å². The van der Waals surface area contributed by atoms with Crippen LogP contribution in [0.3, 0.4) is 0 Å². The predicted molar refractivity (Wildman–Crippen MR) is 121 cm³/mol. The number of halogens is 3. The quantitative estimate of drug-likeness (QED) is 0.454. The molecule has 186 valence electrons. The van der Waals surface area contributed by atoms with Gasteiger partial charge in [-0.3, -0.25) is 4.90 Å². The summed E-state index contributed by atoms with van der Waals surface area (Å²) in [5.74, 6) is 0.706. The van der Waals surface area contributed by atoms with Crippen LogP contribution in [0.5, 0.6) is 11.5 Å². The average molecular weight is 489 g/mol. The summed E-state index contributed by atoms with van der Waals surface area (Å²) < 4.78 is 63.5. The van der Waals surface area contributed by atoms with Crippen molar-refractivity contribution in [2.45, 2.75) is 31.7 Å². The Kier molecular flexibility index (Phi) is 6.46. The topological polar surface area (TPSA) is 57.2 Å². The molecule has 2 heterocycles. The number of nitrogens with zero attached hydrogens (tertiary/aromatic N) is 1. The summed E-state index contributed by atoms with van der Waals surface area (Å²) in [7, 11) is 1.32. The molecule has 0 aromatic heterocycles. The van der Waals surface area contributed by atoms with Crippen molar-refractivity contribution in [3.63, 3.8) is 0 Å². The van der Waals surface area contributed by atoms with Crippen LogP contribution in [0.4, 0.5) is 13.2 Å². The lowest BCUT2D eigenvalue weighted by molar-refractivity contribution is -0.138. The molecular weight excluding hydrogens is 463 g/mol. The first-order valence-electron chi connectivity index (χ1n) is 11.6. The average Bonchev–Trinajstić information content (AvgIpc) is 3.43. The van der Waals surface area contributed by atoms with Crippen LogP contribution >= 0.6 is 0 Å². The smallest absolute Gasteiger partial charge is 0.416 e. The maximum Gasteiger partial charge on any atom is 0.416 e. The van der Waals surface area contributed by atoms with Gasteiger partial charge in [0, 0.05) is 42.9 Å². The number of benzene rings is 2. The highest BCUT2D eigenvalue weighted by Gasteiger charge is 2.38. The number of hydrogen-bond donors (Lipinski definition) is 0. The van der Waals surface area contributed by atoms with Crippen LogP contribution in [0.15, 0.2) is 36.4 Å². The first-order chi connectivity index (χ1) is 16.8. The second-order valence-electron chi connectivity index (χ2n) is 8.83. The number of ether oxygens (including phenoxy) is 4. The number of alkyl halides is 3. The zero-order valence-corrected chi connectivity index (χ0v) is 19.3. The Bertz CT molecular complexity index is 1150. The summed E-state index contributed by atoms with van der Waals surface area (Å²) in [6.07, 6.45) is -2.24. The molecular formula is C26H26F3NO5. The van der Waals surface area contributed by atoms with Crippen molar-refractivity contribution >= 4 is 11.5 Å². The van der Waals surface area contributed by atoms with E-state index in [0.29, 0.717) is 56.2 Å². The molecule has 1 atom stereocenters. The van der Waals surface area contributed by atoms with Gasteiger partial charge in [0.25, 0.3) is 0 Å². The third-order valence-electron chi connectivity index (χ3n) is 6.72. The first-order valence-corrected chi connectivity index (χ1v) is 11.6. The molecule has 1 fully saturated rings. The molecule has 6 nitrogen and oxygen atoms in total. The van der Waals surface area contributed by atoms with E-state index in [4.69, 9.17) is 14.2 Å². The molecule has 0 N–H and O–H groups in total. The molecule has 0 radical (unpaired) electrons. The van der Waals surface area contributed by atoms with E-state index in [1.54, 1.807) is 18.2 Å². The summed E-state index contributed by atoms with van der Waals surface area (Å²) >= 11 is 0. The first kappa shape index (κ1) is 23.7. The molecule has 2 aliphatic heterocycles. The number of carbonyl (C=O) groups is 1. The van der Waals surface area contributed by atoms with Crippen LogP contribution in [-0.2, 0) is 33.4 Å². The molecule has 0 unspecified atom stereocenters. The summed E-state index contributed by atoms with van der Waals surface area (Å²) in [6.45, 7) is 2.78. The van der Waals surface area contributed by atoms with Gasteiger partial charge in [0.1, 0.15) is 24.2 Å². The molecule has 0 saturated carbocycles. The highest BCUT2D eigenvalue weighted by atomic mass is 19.4. The molecule has 2 aromatic carbocycles. The molecule has 0 amide bonds. The summed E-state index contributed by atoms with van der Waals surface area (Å²) in [5, 5.41) is 0. The number of morpholine rings is 1. The Balaban J connectivity index is 1.40. The fourth-order valence-electron chi connectivity index (χ4n) is 4.97. The van der Waals surface area contributed by atoms with Crippen molar-refractivity contribution in [1.29, 1.82) is 0 Å². The van der Waals surface area contributed by atoms with E-state index in [1.165, 1.54) is 19.3 Å². The van der Waals surface area contributed by atoms with Crippen LogP contribution in [0.2, 0.25) is 0 Å². The third-order valence-corrected chi connectivity index (χ3v) is 6.72. The number of fused-ring (bicyclic) bond motifs is 2. The molecule has 1 aliphatic carbocycles. The van der Waals surface area contributed by atoms with Crippen LogP contribution in [-0.4, -0.2) is 50.9 Å². The Hall–Kier alpha value is -3.04. The van der Waals surface area contributed by atoms with Gasteiger partial charge in [0.05, 0.1) is 25.9 Å². The maximum atomic E-state index is 13.9. The van der Waals surface area contributed by atoms with Gasteiger partial charge >= 0.3 is 12.1 Å². The SMILES string of the molecule is COC(=O)/C=C1\COc2cc(O[C@@H]3CCc4c3ccc(C(F)(F)F)c4CN3CCOCC3)ccc21. The lowest BCUT2D eigenvalue weighted by Gasteiger charge is -2.29. The number of esters is 1. The van der Waals surface area contributed by atoms with Crippen LogP contribution < -0.4 is 9.47 Å². The van der Waals surface area contributed by atoms with Crippen LogP contribution in [0.1, 0.15) is 40.3 Å². The second-order valence-corrected chi connectivity index (χ2v) is 8.83. The Morgan fingerprint density at radius 3 is 2.74 bits per heavy atom. The minimum atomic E-state index is -4.41. The third kappa shape index (κ3) is 4.88. The van der Waals surface area contributed by atoms with Crippen LogP contribution in [0, 0.1) is 0 Å². The maximum absolute atomic E-state index is 13.9. The van der Waals surface area contributed by atoms with Gasteiger partial charge in [0.15, 0.2) is 0 Å². The molecule has 2 aromatic rings. The summed E-state index contributed by atoms with van der Waals surface area (Å²) in [5.41, 5.74) is 2.82. The monoisotopic (exact) mass is 489 g/mol. The van der Waals surface area contributed by atoms with E-state index >= 15 is 0 Å². The molecule has 5 rings (SSSR count). The number of carbonyl (C=O) groups excluding carboxylic acids is 1. The standard InChI is InChI=1S/C26H26F3NO5/c1-32-25(31)12-16-15-34-24-13-17(2-3-18(16)24)35-23-7-5-19-20(23)4-6-22(26(27,28)29)21(19)14-30-8-10-33-11-9-30/h2-4,6,12-13,23H,5,7-11,14-15H2,1H3/b16-12+/t23-/m1/s1. The number of methoxy groups -OCH3 is 1. The van der Waals surface area contributed by atoms with Gasteiger partial charge in [-0.25, -0.2) is 4.79 Å². The molecule has 0 bridgehead atoms. The minimum Gasteiger partial charge on any atom is -0.488 e. The largest absolute Gasteiger partial charge is 0.488 e. The zero-order chi connectivity index (χ0) is 24.6. The van der Waals surface area contributed by atoms with Crippen molar-refractivity contribution in [3.05, 3.63) is 64.2 Å². The van der Waals surface area contributed by atoms with Gasteiger partial charge in [-0.05, 0) is 47.7 Å². The summed E-state index contributed by atoms with van der Waals surface area (Å²) in [6, 6.07) is 8.10. The van der Waals surface area contributed by atoms with E-state index in [9.17, 15) is 18.0 Å². The van der Waals surface area contributed by atoms with Crippen molar-refractivity contribution in [2.24, 2.45) is 0 Å². The Labute approximate surface area is 201 Å². The van der Waals surface area contributed by atoms with Gasteiger partial charge in [-0.1, -0.05) is 6.07 Å². The van der Waals surface area contributed by atoms with Crippen molar-refractivity contribution in [2.75, 3.05) is 40.0 Å². The second kappa shape index (κ2) is 9.54. The fraction of sp³-hybridized carbons (Fsp3) is 0.423. The minimum absolute atomic E-state index is 0.246. The lowest BCUT2D eigenvalue weighted by Crippen LogP contribution is -2.36. The molecule has 35 heavy (non-hydrogen) atoms. The molecule has 1 saturated heterocycles. The van der Waals surface area contributed by atoms with E-state index in [-0.39, 0.29) is 19.3 Å².